The van der Waals surface area contributed by atoms with Gasteiger partial charge in [-0.2, -0.15) is 4.31 Å². The number of carbonyl (C=O) groups excluding carboxylic acids is 2. The summed E-state index contributed by atoms with van der Waals surface area (Å²) >= 11 is 7.18. The van der Waals surface area contributed by atoms with Gasteiger partial charge < -0.3 is 15.7 Å². The van der Waals surface area contributed by atoms with Crippen molar-refractivity contribution in [1.29, 1.82) is 0 Å². The van der Waals surface area contributed by atoms with E-state index in [-0.39, 0.29) is 28.7 Å². The Morgan fingerprint density at radius 3 is 2.61 bits per heavy atom. The molecule has 166 valence electrons. The second-order valence-corrected chi connectivity index (χ2v) is 10.4. The minimum Gasteiger partial charge on any atom is -0.506 e. The molecule has 0 aliphatic carbocycles. The number of phenolic OH excluding ortho intramolecular Hbond substituents is 1. The van der Waals surface area contributed by atoms with Crippen LogP contribution in [0.2, 0.25) is 5.02 Å². The van der Waals surface area contributed by atoms with E-state index in [9.17, 15) is 23.1 Å². The van der Waals surface area contributed by atoms with Crippen LogP contribution in [0.15, 0.2) is 46.2 Å². The molecule has 0 spiro atoms. The van der Waals surface area contributed by atoms with Crippen molar-refractivity contribution >= 4 is 56.6 Å². The Morgan fingerprint density at radius 2 is 1.94 bits per heavy atom. The third kappa shape index (κ3) is 5.15. The fourth-order valence-corrected chi connectivity index (χ4v) is 5.86. The standard InChI is InChI=1S/C20H22ClN3O5S2/c1-3-24(4-2)31(28,29)13-6-7-16(25)14(10-13)22-19(26)11-18-20(27)23-15-9-12(21)5-8-17(15)30-18/h5-10,18,25H,3-4,11H2,1-2H3,(H,22,26)(H,23,27). The highest BCUT2D eigenvalue weighted by Gasteiger charge is 2.30. The van der Waals surface area contributed by atoms with E-state index in [1.165, 1.54) is 34.3 Å². The number of benzene rings is 2. The van der Waals surface area contributed by atoms with E-state index in [0.717, 1.165) is 4.90 Å². The lowest BCUT2D eigenvalue weighted by atomic mass is 10.2. The van der Waals surface area contributed by atoms with Gasteiger partial charge in [-0.1, -0.05) is 25.4 Å². The zero-order valence-electron chi connectivity index (χ0n) is 16.9. The topological polar surface area (TPSA) is 116 Å². The van der Waals surface area contributed by atoms with Crippen LogP contribution in [0.25, 0.3) is 0 Å². The molecule has 1 atom stereocenters. The van der Waals surface area contributed by atoms with Crippen molar-refractivity contribution in [3.05, 3.63) is 41.4 Å². The fourth-order valence-electron chi connectivity index (χ4n) is 3.11. The molecule has 8 nitrogen and oxygen atoms in total. The predicted octanol–water partition coefficient (Wildman–Crippen LogP) is 3.52. The Morgan fingerprint density at radius 1 is 1.23 bits per heavy atom. The van der Waals surface area contributed by atoms with Gasteiger partial charge in [0, 0.05) is 29.4 Å². The van der Waals surface area contributed by atoms with E-state index >= 15 is 0 Å². The number of carbonyl (C=O) groups is 2. The molecule has 0 saturated heterocycles. The predicted molar refractivity (Wildman–Crippen MR) is 121 cm³/mol. The number of anilines is 2. The first-order chi connectivity index (χ1) is 14.6. The SMILES string of the molecule is CCN(CC)S(=O)(=O)c1ccc(O)c(NC(=O)CC2Sc3ccc(Cl)cc3NC2=O)c1. The Hall–Kier alpha value is -2.27. The monoisotopic (exact) mass is 483 g/mol. The van der Waals surface area contributed by atoms with E-state index in [0.29, 0.717) is 23.8 Å². The van der Waals surface area contributed by atoms with Gasteiger partial charge in [0.1, 0.15) is 5.75 Å². The van der Waals surface area contributed by atoms with E-state index in [1.54, 1.807) is 32.0 Å². The van der Waals surface area contributed by atoms with Gasteiger partial charge in [0.05, 0.1) is 21.5 Å². The number of hydrogen-bond acceptors (Lipinski definition) is 6. The molecule has 1 unspecified atom stereocenters. The lowest BCUT2D eigenvalue weighted by molar-refractivity contribution is -0.120. The molecule has 0 fully saturated rings. The van der Waals surface area contributed by atoms with Crippen LogP contribution in [0.3, 0.4) is 0 Å². The van der Waals surface area contributed by atoms with Crippen molar-refractivity contribution in [2.24, 2.45) is 0 Å². The highest BCUT2D eigenvalue weighted by atomic mass is 35.5. The van der Waals surface area contributed by atoms with Crippen LogP contribution in [0.5, 0.6) is 5.75 Å². The Balaban J connectivity index is 1.75. The fraction of sp³-hybridized carbons (Fsp3) is 0.300. The Kier molecular flexibility index (Phi) is 7.15. The number of aromatic hydroxyl groups is 1. The second kappa shape index (κ2) is 9.47. The van der Waals surface area contributed by atoms with Crippen LogP contribution < -0.4 is 10.6 Å². The molecule has 2 amide bonds. The summed E-state index contributed by atoms with van der Waals surface area (Å²) in [7, 11) is -3.76. The van der Waals surface area contributed by atoms with E-state index in [1.807, 2.05) is 0 Å². The molecule has 1 aliphatic rings. The van der Waals surface area contributed by atoms with Gasteiger partial charge in [0.2, 0.25) is 21.8 Å². The Labute approximate surface area is 190 Å². The molecule has 2 aromatic rings. The van der Waals surface area contributed by atoms with Crippen molar-refractivity contribution in [1.82, 2.24) is 4.31 Å². The largest absolute Gasteiger partial charge is 0.506 e. The first-order valence-electron chi connectivity index (χ1n) is 9.55. The molecular formula is C20H22ClN3O5S2. The zero-order valence-corrected chi connectivity index (χ0v) is 19.3. The quantitative estimate of drug-likeness (QED) is 0.519. The van der Waals surface area contributed by atoms with Crippen LogP contribution in [0, 0.1) is 0 Å². The molecule has 0 radical (unpaired) electrons. The van der Waals surface area contributed by atoms with Crippen LogP contribution in [0.4, 0.5) is 11.4 Å². The number of halogens is 1. The summed E-state index contributed by atoms with van der Waals surface area (Å²) in [5.41, 5.74) is 0.553. The molecule has 2 aromatic carbocycles. The number of phenols is 1. The molecule has 1 heterocycles. The van der Waals surface area contributed by atoms with Crippen molar-refractivity contribution in [3.8, 4) is 5.75 Å². The highest BCUT2D eigenvalue weighted by molar-refractivity contribution is 8.01. The van der Waals surface area contributed by atoms with Crippen LogP contribution in [-0.4, -0.2) is 48.0 Å². The number of nitrogens with one attached hydrogen (secondary N) is 2. The zero-order chi connectivity index (χ0) is 22.8. The van der Waals surface area contributed by atoms with Gasteiger partial charge in [0.15, 0.2) is 0 Å². The molecule has 31 heavy (non-hydrogen) atoms. The lowest BCUT2D eigenvalue weighted by Crippen LogP contribution is -2.32. The summed E-state index contributed by atoms with van der Waals surface area (Å²) in [4.78, 5) is 25.7. The van der Waals surface area contributed by atoms with Crippen molar-refractivity contribution in [2.45, 2.75) is 35.3 Å². The average Bonchev–Trinajstić information content (AvgIpc) is 2.71. The number of hydrogen-bond donors (Lipinski definition) is 3. The Bertz CT molecular complexity index is 1120. The molecule has 11 heteroatoms. The normalized spacial score (nSPS) is 16.0. The van der Waals surface area contributed by atoms with Gasteiger partial charge in [-0.3, -0.25) is 9.59 Å². The number of rotatable bonds is 7. The molecule has 1 aliphatic heterocycles. The molecule has 3 rings (SSSR count). The second-order valence-electron chi connectivity index (χ2n) is 6.76. The molecular weight excluding hydrogens is 462 g/mol. The van der Waals surface area contributed by atoms with Gasteiger partial charge in [-0.05, 0) is 36.4 Å². The van der Waals surface area contributed by atoms with Crippen molar-refractivity contribution in [3.63, 3.8) is 0 Å². The maximum absolute atomic E-state index is 12.7. The maximum atomic E-state index is 12.7. The molecule has 0 bridgehead atoms. The third-order valence-electron chi connectivity index (χ3n) is 4.72. The van der Waals surface area contributed by atoms with E-state index < -0.39 is 21.2 Å². The first-order valence-corrected chi connectivity index (χ1v) is 12.3. The number of nitrogens with zero attached hydrogens (tertiary/aromatic N) is 1. The number of sulfonamides is 1. The van der Waals surface area contributed by atoms with E-state index in [2.05, 4.69) is 10.6 Å². The summed E-state index contributed by atoms with van der Waals surface area (Å²) in [6.45, 7) is 4.04. The minimum absolute atomic E-state index is 0.0355. The number of fused-ring (bicyclic) bond motifs is 1. The van der Waals surface area contributed by atoms with Gasteiger partial charge in [-0.25, -0.2) is 8.42 Å². The number of thioether (sulfide) groups is 1. The molecule has 0 aromatic heterocycles. The summed E-state index contributed by atoms with van der Waals surface area (Å²) in [5, 5.41) is 15.1. The van der Waals surface area contributed by atoms with Gasteiger partial charge in [-0.15, -0.1) is 11.8 Å². The smallest absolute Gasteiger partial charge is 0.243 e. The maximum Gasteiger partial charge on any atom is 0.243 e. The molecule has 0 saturated carbocycles. The average molecular weight is 484 g/mol. The van der Waals surface area contributed by atoms with Gasteiger partial charge in [0.25, 0.3) is 0 Å². The van der Waals surface area contributed by atoms with E-state index in [4.69, 9.17) is 11.6 Å². The molecule has 3 N–H and O–H groups in total. The van der Waals surface area contributed by atoms with Gasteiger partial charge >= 0.3 is 0 Å². The summed E-state index contributed by atoms with van der Waals surface area (Å²) < 4.78 is 26.7. The summed E-state index contributed by atoms with van der Waals surface area (Å²) in [6.07, 6.45) is -0.162. The highest BCUT2D eigenvalue weighted by Crippen LogP contribution is 2.38. The van der Waals surface area contributed by atoms with Crippen LogP contribution in [-0.2, 0) is 19.6 Å². The van der Waals surface area contributed by atoms with Crippen molar-refractivity contribution < 1.29 is 23.1 Å². The van der Waals surface area contributed by atoms with Crippen LogP contribution >= 0.6 is 23.4 Å². The first kappa shape index (κ1) is 23.4. The summed E-state index contributed by atoms with van der Waals surface area (Å²) in [5.74, 6) is -1.14. The third-order valence-corrected chi connectivity index (χ3v) is 8.27. The number of amides is 2. The lowest BCUT2D eigenvalue weighted by Gasteiger charge is -2.24. The summed E-state index contributed by atoms with van der Waals surface area (Å²) in [6, 6.07) is 8.81. The van der Waals surface area contributed by atoms with Crippen molar-refractivity contribution in [2.75, 3.05) is 23.7 Å². The minimum atomic E-state index is -3.76. The van der Waals surface area contributed by atoms with Crippen LogP contribution in [0.1, 0.15) is 20.3 Å².